The number of carbonyl (C=O) groups excluding carboxylic acids is 1. The van der Waals surface area contributed by atoms with Gasteiger partial charge in [0.2, 0.25) is 5.91 Å². The highest BCUT2D eigenvalue weighted by molar-refractivity contribution is 5.75. The number of rotatable bonds is 7. The molecule has 0 bridgehead atoms. The standard InChI is InChI=1S/C18H30N4O/c1-16(19)8-9-18(23)20(2)10-11-21-12-14-22(15-13-21)17-6-4-3-5-7-17/h3-7,16H,8-15,19H2,1-2H3. The highest BCUT2D eigenvalue weighted by Gasteiger charge is 2.18. The Balaban J connectivity index is 1.67. The van der Waals surface area contributed by atoms with Gasteiger partial charge in [-0.1, -0.05) is 18.2 Å². The summed E-state index contributed by atoms with van der Waals surface area (Å²) in [5.74, 6) is 0.199. The maximum Gasteiger partial charge on any atom is 0.222 e. The van der Waals surface area contributed by atoms with Gasteiger partial charge in [0.15, 0.2) is 0 Å². The summed E-state index contributed by atoms with van der Waals surface area (Å²) in [7, 11) is 1.89. The number of amides is 1. The van der Waals surface area contributed by atoms with Crippen molar-refractivity contribution in [1.29, 1.82) is 0 Å². The van der Waals surface area contributed by atoms with E-state index in [1.807, 2.05) is 18.9 Å². The van der Waals surface area contributed by atoms with Crippen molar-refractivity contribution in [2.24, 2.45) is 5.73 Å². The van der Waals surface area contributed by atoms with Crippen LogP contribution in [-0.2, 0) is 4.79 Å². The number of hydrogen-bond donors (Lipinski definition) is 1. The third-order valence-corrected chi connectivity index (χ3v) is 4.48. The fourth-order valence-electron chi connectivity index (χ4n) is 2.83. The van der Waals surface area contributed by atoms with E-state index < -0.39 is 0 Å². The molecule has 1 atom stereocenters. The number of carbonyl (C=O) groups is 1. The number of hydrogen-bond acceptors (Lipinski definition) is 4. The number of anilines is 1. The minimum atomic E-state index is 0.0958. The molecular formula is C18H30N4O. The maximum absolute atomic E-state index is 12.0. The summed E-state index contributed by atoms with van der Waals surface area (Å²) in [4.78, 5) is 18.7. The predicted molar refractivity (Wildman–Crippen MR) is 95.6 cm³/mol. The third kappa shape index (κ3) is 5.84. The Hall–Kier alpha value is -1.59. The van der Waals surface area contributed by atoms with Crippen LogP contribution in [-0.4, -0.2) is 68.1 Å². The van der Waals surface area contributed by atoms with Crippen molar-refractivity contribution in [3.63, 3.8) is 0 Å². The van der Waals surface area contributed by atoms with E-state index >= 15 is 0 Å². The molecule has 5 nitrogen and oxygen atoms in total. The van der Waals surface area contributed by atoms with Crippen molar-refractivity contribution in [2.75, 3.05) is 51.2 Å². The average molecular weight is 318 g/mol. The molecule has 0 aromatic heterocycles. The smallest absolute Gasteiger partial charge is 0.222 e. The lowest BCUT2D eigenvalue weighted by molar-refractivity contribution is -0.130. The zero-order valence-electron chi connectivity index (χ0n) is 14.4. The Morgan fingerprint density at radius 3 is 2.48 bits per heavy atom. The van der Waals surface area contributed by atoms with Gasteiger partial charge in [0.05, 0.1) is 0 Å². The zero-order chi connectivity index (χ0) is 16.7. The van der Waals surface area contributed by atoms with E-state index in [4.69, 9.17) is 5.73 Å². The van der Waals surface area contributed by atoms with Crippen LogP contribution in [0, 0.1) is 0 Å². The SMILES string of the molecule is CC(N)CCC(=O)N(C)CCN1CCN(c2ccccc2)CC1. The second kappa shape index (κ2) is 8.89. The largest absolute Gasteiger partial charge is 0.369 e. The Kier molecular flexibility index (Phi) is 6.86. The molecule has 1 saturated heterocycles. The summed E-state index contributed by atoms with van der Waals surface area (Å²) in [5, 5.41) is 0. The minimum Gasteiger partial charge on any atom is -0.369 e. The molecule has 2 rings (SSSR count). The van der Waals surface area contributed by atoms with Crippen LogP contribution in [0.5, 0.6) is 0 Å². The van der Waals surface area contributed by atoms with Crippen LogP contribution in [0.4, 0.5) is 5.69 Å². The van der Waals surface area contributed by atoms with Crippen LogP contribution in [0.15, 0.2) is 30.3 Å². The summed E-state index contributed by atoms with van der Waals surface area (Å²) in [6.45, 7) is 7.89. The maximum atomic E-state index is 12.0. The van der Waals surface area contributed by atoms with Gasteiger partial charge in [0.1, 0.15) is 0 Å². The molecule has 23 heavy (non-hydrogen) atoms. The number of nitrogens with zero attached hydrogens (tertiary/aromatic N) is 3. The lowest BCUT2D eigenvalue weighted by Gasteiger charge is -2.36. The molecule has 0 saturated carbocycles. The first kappa shape index (κ1) is 17.8. The van der Waals surface area contributed by atoms with E-state index in [9.17, 15) is 4.79 Å². The predicted octanol–water partition coefficient (Wildman–Crippen LogP) is 1.39. The Morgan fingerprint density at radius 1 is 1.22 bits per heavy atom. The Morgan fingerprint density at radius 2 is 1.87 bits per heavy atom. The third-order valence-electron chi connectivity index (χ3n) is 4.48. The Bertz CT molecular complexity index is 469. The number of para-hydroxylation sites is 1. The van der Waals surface area contributed by atoms with Crippen molar-refractivity contribution in [1.82, 2.24) is 9.80 Å². The van der Waals surface area contributed by atoms with Gasteiger partial charge in [0.25, 0.3) is 0 Å². The number of piperazine rings is 1. The van der Waals surface area contributed by atoms with E-state index in [0.29, 0.717) is 6.42 Å². The number of benzene rings is 1. The van der Waals surface area contributed by atoms with Gasteiger partial charge in [-0.05, 0) is 25.5 Å². The van der Waals surface area contributed by atoms with Gasteiger partial charge in [0, 0.05) is 64.5 Å². The highest BCUT2D eigenvalue weighted by Crippen LogP contribution is 2.15. The summed E-state index contributed by atoms with van der Waals surface area (Å²) < 4.78 is 0. The number of nitrogens with two attached hydrogens (primary N) is 1. The highest BCUT2D eigenvalue weighted by atomic mass is 16.2. The van der Waals surface area contributed by atoms with Crippen LogP contribution in [0.1, 0.15) is 19.8 Å². The summed E-state index contributed by atoms with van der Waals surface area (Å²) in [6.07, 6.45) is 1.31. The molecule has 1 fully saturated rings. The first-order valence-electron chi connectivity index (χ1n) is 8.58. The molecule has 128 valence electrons. The molecule has 0 spiro atoms. The Labute approximate surface area is 140 Å². The second-order valence-corrected chi connectivity index (χ2v) is 6.50. The normalized spacial score (nSPS) is 17.1. The van der Waals surface area contributed by atoms with E-state index in [1.165, 1.54) is 5.69 Å². The molecule has 1 aliphatic rings. The average Bonchev–Trinajstić information content (AvgIpc) is 2.58. The second-order valence-electron chi connectivity index (χ2n) is 6.50. The molecule has 0 radical (unpaired) electrons. The first-order chi connectivity index (χ1) is 11.1. The van der Waals surface area contributed by atoms with Crippen molar-refractivity contribution in [3.8, 4) is 0 Å². The van der Waals surface area contributed by atoms with Crippen LogP contribution in [0.25, 0.3) is 0 Å². The fourth-order valence-corrected chi connectivity index (χ4v) is 2.83. The van der Waals surface area contributed by atoms with Crippen molar-refractivity contribution >= 4 is 11.6 Å². The summed E-state index contributed by atoms with van der Waals surface area (Å²) in [6, 6.07) is 10.7. The van der Waals surface area contributed by atoms with E-state index in [0.717, 1.165) is 45.7 Å². The van der Waals surface area contributed by atoms with Crippen molar-refractivity contribution < 1.29 is 4.79 Å². The van der Waals surface area contributed by atoms with Gasteiger partial charge in [-0.3, -0.25) is 9.69 Å². The van der Waals surface area contributed by atoms with Crippen molar-refractivity contribution in [3.05, 3.63) is 30.3 Å². The quantitative estimate of drug-likeness (QED) is 0.825. The molecular weight excluding hydrogens is 288 g/mol. The molecule has 1 unspecified atom stereocenters. The van der Waals surface area contributed by atoms with Crippen LogP contribution >= 0.6 is 0 Å². The first-order valence-corrected chi connectivity index (χ1v) is 8.58. The minimum absolute atomic E-state index is 0.0958. The fraction of sp³-hybridized carbons (Fsp3) is 0.611. The molecule has 2 N–H and O–H groups in total. The molecule has 0 aliphatic carbocycles. The van der Waals surface area contributed by atoms with Gasteiger partial charge >= 0.3 is 0 Å². The van der Waals surface area contributed by atoms with E-state index in [1.54, 1.807) is 0 Å². The van der Waals surface area contributed by atoms with Crippen LogP contribution in [0.3, 0.4) is 0 Å². The van der Waals surface area contributed by atoms with Crippen LogP contribution in [0.2, 0.25) is 0 Å². The lowest BCUT2D eigenvalue weighted by Crippen LogP contribution is -2.48. The topological polar surface area (TPSA) is 52.8 Å². The van der Waals surface area contributed by atoms with Crippen molar-refractivity contribution in [2.45, 2.75) is 25.8 Å². The molecule has 1 aromatic rings. The van der Waals surface area contributed by atoms with Gasteiger partial charge < -0.3 is 15.5 Å². The summed E-state index contributed by atoms with van der Waals surface area (Å²) >= 11 is 0. The molecule has 1 aromatic carbocycles. The molecule has 1 aliphatic heterocycles. The van der Waals surface area contributed by atoms with Gasteiger partial charge in [-0.25, -0.2) is 0 Å². The molecule has 1 amide bonds. The molecule has 1 heterocycles. The van der Waals surface area contributed by atoms with E-state index in [2.05, 4.69) is 40.1 Å². The van der Waals surface area contributed by atoms with Crippen LogP contribution < -0.4 is 10.6 Å². The zero-order valence-corrected chi connectivity index (χ0v) is 14.4. The molecule has 5 heteroatoms. The van der Waals surface area contributed by atoms with Gasteiger partial charge in [-0.2, -0.15) is 0 Å². The summed E-state index contributed by atoms with van der Waals surface area (Å²) in [5.41, 5.74) is 7.01. The van der Waals surface area contributed by atoms with E-state index in [-0.39, 0.29) is 11.9 Å². The number of likely N-dealkylation sites (N-methyl/N-ethyl adjacent to an activating group) is 1. The van der Waals surface area contributed by atoms with Gasteiger partial charge in [-0.15, -0.1) is 0 Å². The lowest BCUT2D eigenvalue weighted by atomic mass is 10.2. The monoisotopic (exact) mass is 318 g/mol.